The number of hydrogen-bond acceptors (Lipinski definition) is 3. The molecular weight excluding hydrogens is 156 g/mol. The maximum Gasteiger partial charge on any atom is 0.0364 e. The van der Waals surface area contributed by atoms with Crippen LogP contribution in [0.5, 0.6) is 0 Å². The van der Waals surface area contributed by atoms with Gasteiger partial charge in [0.1, 0.15) is 0 Å². The summed E-state index contributed by atoms with van der Waals surface area (Å²) >= 11 is 4.69. The van der Waals surface area contributed by atoms with Crippen molar-refractivity contribution in [3.63, 3.8) is 0 Å². The molecule has 2 aliphatic heterocycles. The minimum Gasteiger partial charge on any atom is -0.312 e. The molecule has 0 aromatic rings. The van der Waals surface area contributed by atoms with Crippen LogP contribution in [0.15, 0.2) is 0 Å². The van der Waals surface area contributed by atoms with Gasteiger partial charge in [0.15, 0.2) is 0 Å². The Bertz CT molecular complexity index is 158. The molecule has 3 heteroatoms. The lowest BCUT2D eigenvalue weighted by atomic mass is 9.89. The Morgan fingerprint density at radius 1 is 1.36 bits per heavy atom. The first-order valence-corrected chi connectivity index (χ1v) is 4.84. The van der Waals surface area contributed by atoms with Gasteiger partial charge in [0, 0.05) is 16.8 Å². The quantitative estimate of drug-likeness (QED) is 0.461. The summed E-state index contributed by atoms with van der Waals surface area (Å²) in [6.07, 6.45) is 2.44. The second-order valence-corrected chi connectivity index (χ2v) is 4.91. The third-order valence-corrected chi connectivity index (χ3v) is 3.43. The Labute approximate surface area is 73.5 Å². The molecule has 0 spiro atoms. The molecule has 64 valence electrons. The van der Waals surface area contributed by atoms with Crippen molar-refractivity contribution in [2.45, 2.75) is 36.6 Å². The zero-order valence-electron chi connectivity index (χ0n) is 6.93. The lowest BCUT2D eigenvalue weighted by Gasteiger charge is -2.40. The van der Waals surface area contributed by atoms with Crippen LogP contribution in [0.25, 0.3) is 0 Å². The Morgan fingerprint density at radius 2 is 2.18 bits per heavy atom. The van der Waals surface area contributed by atoms with Crippen molar-refractivity contribution in [2.75, 3.05) is 13.1 Å². The van der Waals surface area contributed by atoms with Crippen LogP contribution < -0.4 is 10.6 Å². The predicted molar refractivity (Wildman–Crippen MR) is 50.2 cm³/mol. The van der Waals surface area contributed by atoms with Gasteiger partial charge in [0.25, 0.3) is 0 Å². The van der Waals surface area contributed by atoms with Crippen molar-refractivity contribution in [1.29, 1.82) is 0 Å². The fourth-order valence-electron chi connectivity index (χ4n) is 2.24. The van der Waals surface area contributed by atoms with Crippen LogP contribution in [0, 0.1) is 0 Å². The number of piperidine rings is 1. The number of hydrogen-bond donors (Lipinski definition) is 3. The number of rotatable bonds is 0. The molecule has 2 nitrogen and oxygen atoms in total. The molecule has 0 aliphatic carbocycles. The van der Waals surface area contributed by atoms with Crippen molar-refractivity contribution in [2.24, 2.45) is 0 Å². The van der Waals surface area contributed by atoms with Gasteiger partial charge in [0.05, 0.1) is 0 Å². The average molecular weight is 172 g/mol. The Kier molecular flexibility index (Phi) is 1.90. The van der Waals surface area contributed by atoms with E-state index < -0.39 is 0 Å². The summed E-state index contributed by atoms with van der Waals surface area (Å²) < 4.78 is 0.201. The average Bonchev–Trinajstić information content (AvgIpc) is 2.34. The molecule has 0 saturated carbocycles. The van der Waals surface area contributed by atoms with Crippen LogP contribution >= 0.6 is 12.6 Å². The Balaban J connectivity index is 2.13. The molecule has 2 saturated heterocycles. The maximum atomic E-state index is 4.69. The first-order chi connectivity index (χ1) is 5.20. The fraction of sp³-hybridized carbons (Fsp3) is 1.00. The molecule has 11 heavy (non-hydrogen) atoms. The van der Waals surface area contributed by atoms with Gasteiger partial charge in [-0.3, -0.25) is 0 Å². The molecule has 2 fully saturated rings. The van der Waals surface area contributed by atoms with Gasteiger partial charge in [-0.25, -0.2) is 0 Å². The smallest absolute Gasteiger partial charge is 0.0364 e. The van der Waals surface area contributed by atoms with Crippen molar-refractivity contribution >= 4 is 12.6 Å². The number of thiol groups is 1. The van der Waals surface area contributed by atoms with Crippen LogP contribution in [0.3, 0.4) is 0 Å². The molecule has 2 heterocycles. The van der Waals surface area contributed by atoms with E-state index in [1.807, 2.05) is 0 Å². The summed E-state index contributed by atoms with van der Waals surface area (Å²) in [5.74, 6) is 0. The lowest BCUT2D eigenvalue weighted by molar-refractivity contribution is 0.309. The monoisotopic (exact) mass is 172 g/mol. The summed E-state index contributed by atoms with van der Waals surface area (Å²) in [5, 5.41) is 7.04. The van der Waals surface area contributed by atoms with Gasteiger partial charge < -0.3 is 10.6 Å². The maximum absolute atomic E-state index is 4.69. The van der Waals surface area contributed by atoms with E-state index in [4.69, 9.17) is 0 Å². The number of fused-ring (bicyclic) bond motifs is 1. The van der Waals surface area contributed by atoms with E-state index >= 15 is 0 Å². The predicted octanol–water partition coefficient (Wildman–Crippen LogP) is 0.399. The van der Waals surface area contributed by atoms with Crippen LogP contribution in [0.1, 0.15) is 19.8 Å². The molecule has 0 radical (unpaired) electrons. The number of nitrogens with one attached hydrogen (secondary N) is 2. The first kappa shape index (κ1) is 7.90. The normalized spacial score (nSPS) is 50.7. The molecule has 2 N–H and O–H groups in total. The highest BCUT2D eigenvalue weighted by atomic mass is 32.1. The molecule has 3 atom stereocenters. The molecule has 0 bridgehead atoms. The van der Waals surface area contributed by atoms with Crippen molar-refractivity contribution in [3.8, 4) is 0 Å². The van der Waals surface area contributed by atoms with E-state index in [1.165, 1.54) is 12.8 Å². The molecular formula is C8H16N2S. The highest BCUT2D eigenvalue weighted by Gasteiger charge is 2.41. The summed E-state index contributed by atoms with van der Waals surface area (Å²) in [6, 6.07) is 1.26. The lowest BCUT2D eigenvalue weighted by Crippen LogP contribution is -2.57. The van der Waals surface area contributed by atoms with Gasteiger partial charge >= 0.3 is 0 Å². The molecule has 0 amide bonds. The third-order valence-electron chi connectivity index (χ3n) is 2.93. The van der Waals surface area contributed by atoms with Gasteiger partial charge in [-0.05, 0) is 32.9 Å². The second-order valence-electron chi connectivity index (χ2n) is 3.89. The topological polar surface area (TPSA) is 24.1 Å². The van der Waals surface area contributed by atoms with E-state index in [0.29, 0.717) is 12.1 Å². The minimum absolute atomic E-state index is 0.201. The van der Waals surface area contributed by atoms with E-state index in [0.717, 1.165) is 13.1 Å². The summed E-state index contributed by atoms with van der Waals surface area (Å²) in [4.78, 5) is 0. The van der Waals surface area contributed by atoms with Crippen LogP contribution in [0.4, 0.5) is 0 Å². The summed E-state index contributed by atoms with van der Waals surface area (Å²) in [5.41, 5.74) is 0. The minimum atomic E-state index is 0.201. The van der Waals surface area contributed by atoms with E-state index in [1.54, 1.807) is 0 Å². The van der Waals surface area contributed by atoms with E-state index in [9.17, 15) is 0 Å². The van der Waals surface area contributed by atoms with E-state index in [2.05, 4.69) is 30.2 Å². The van der Waals surface area contributed by atoms with Gasteiger partial charge in [-0.2, -0.15) is 12.6 Å². The fourth-order valence-corrected chi connectivity index (χ4v) is 2.63. The highest BCUT2D eigenvalue weighted by molar-refractivity contribution is 7.81. The standard InChI is InChI=1S/C8H16N2S/c1-8(11)3-5-9-6-2-4-10-7(6)8/h6-7,9-11H,2-5H2,1H3. The van der Waals surface area contributed by atoms with Gasteiger partial charge in [-0.1, -0.05) is 0 Å². The highest BCUT2D eigenvalue weighted by Crippen LogP contribution is 2.31. The summed E-state index contributed by atoms with van der Waals surface area (Å²) in [6.45, 7) is 4.52. The molecule has 0 aromatic carbocycles. The van der Waals surface area contributed by atoms with Gasteiger partial charge in [0.2, 0.25) is 0 Å². The zero-order valence-corrected chi connectivity index (χ0v) is 7.82. The first-order valence-electron chi connectivity index (χ1n) is 4.39. The van der Waals surface area contributed by atoms with Crippen LogP contribution in [-0.4, -0.2) is 29.9 Å². The van der Waals surface area contributed by atoms with Crippen molar-refractivity contribution < 1.29 is 0 Å². The molecule has 2 aliphatic rings. The SMILES string of the molecule is CC1(S)CCNC2CCNC21. The second kappa shape index (κ2) is 2.64. The largest absolute Gasteiger partial charge is 0.312 e. The Morgan fingerprint density at radius 3 is 2.91 bits per heavy atom. The van der Waals surface area contributed by atoms with E-state index in [-0.39, 0.29) is 4.75 Å². The zero-order chi connectivity index (χ0) is 7.90. The van der Waals surface area contributed by atoms with Crippen LogP contribution in [-0.2, 0) is 0 Å². The molecule has 2 rings (SSSR count). The van der Waals surface area contributed by atoms with Crippen LogP contribution in [0.2, 0.25) is 0 Å². The third kappa shape index (κ3) is 1.30. The Hall–Kier alpha value is 0.270. The summed E-state index contributed by atoms with van der Waals surface area (Å²) in [7, 11) is 0. The molecule has 3 unspecified atom stereocenters. The van der Waals surface area contributed by atoms with Crippen molar-refractivity contribution in [1.82, 2.24) is 10.6 Å². The van der Waals surface area contributed by atoms with Gasteiger partial charge in [-0.15, -0.1) is 0 Å². The molecule has 0 aromatic heterocycles. The van der Waals surface area contributed by atoms with Crippen molar-refractivity contribution in [3.05, 3.63) is 0 Å².